The summed E-state index contributed by atoms with van der Waals surface area (Å²) in [6, 6.07) is 17.6. The predicted molar refractivity (Wildman–Crippen MR) is 106 cm³/mol. The lowest BCUT2D eigenvalue weighted by Gasteiger charge is -2.18. The van der Waals surface area contributed by atoms with E-state index in [9.17, 15) is 4.79 Å². The number of nitrogens with one attached hydrogen (secondary N) is 1. The molecule has 0 saturated carbocycles. The van der Waals surface area contributed by atoms with E-state index in [0.29, 0.717) is 6.42 Å². The summed E-state index contributed by atoms with van der Waals surface area (Å²) >= 11 is 0. The summed E-state index contributed by atoms with van der Waals surface area (Å²) in [5.74, 6) is 0.791. The Kier molecular flexibility index (Phi) is 7.67. The van der Waals surface area contributed by atoms with E-state index in [1.54, 1.807) is 0 Å². The molecule has 0 aliphatic carbocycles. The molecule has 0 bridgehead atoms. The van der Waals surface area contributed by atoms with Gasteiger partial charge in [0.1, 0.15) is 5.75 Å². The largest absolute Gasteiger partial charge is 0.491 e. The Balaban J connectivity index is 1.75. The van der Waals surface area contributed by atoms with Crippen LogP contribution in [0.3, 0.4) is 0 Å². The topological polar surface area (TPSA) is 64.3 Å². The molecule has 4 nitrogen and oxygen atoms in total. The summed E-state index contributed by atoms with van der Waals surface area (Å²) in [4.78, 5) is 12.3. The van der Waals surface area contributed by atoms with Crippen molar-refractivity contribution in [1.29, 1.82) is 0 Å². The van der Waals surface area contributed by atoms with Crippen LogP contribution in [0.4, 0.5) is 0 Å². The van der Waals surface area contributed by atoms with E-state index in [1.807, 2.05) is 63.2 Å². The smallest absolute Gasteiger partial charge is 0.237 e. The van der Waals surface area contributed by atoms with Crippen molar-refractivity contribution in [2.45, 2.75) is 58.2 Å². The number of ether oxygens (including phenoxy) is 1. The first kappa shape index (κ1) is 20.0. The Morgan fingerprint density at radius 2 is 1.65 bits per heavy atom. The number of hydrogen-bond acceptors (Lipinski definition) is 3. The van der Waals surface area contributed by atoms with E-state index in [4.69, 9.17) is 10.5 Å². The van der Waals surface area contributed by atoms with Gasteiger partial charge in [-0.3, -0.25) is 4.79 Å². The SMILES string of the molecule is CC(CCc1ccc(OC(C)C)cc1)NC(=O)[C@@H](N)Cc1ccccc1. The summed E-state index contributed by atoms with van der Waals surface area (Å²) in [6.07, 6.45) is 2.50. The zero-order chi connectivity index (χ0) is 18.9. The highest BCUT2D eigenvalue weighted by Gasteiger charge is 2.16. The minimum Gasteiger partial charge on any atom is -0.491 e. The van der Waals surface area contributed by atoms with Gasteiger partial charge < -0.3 is 15.8 Å². The number of carbonyl (C=O) groups is 1. The van der Waals surface area contributed by atoms with Gasteiger partial charge in [-0.25, -0.2) is 0 Å². The summed E-state index contributed by atoms with van der Waals surface area (Å²) in [5.41, 5.74) is 8.34. The molecule has 26 heavy (non-hydrogen) atoms. The van der Waals surface area contributed by atoms with Gasteiger partial charge in [-0.15, -0.1) is 0 Å². The van der Waals surface area contributed by atoms with Crippen molar-refractivity contribution in [3.8, 4) is 5.75 Å². The number of nitrogens with two attached hydrogens (primary N) is 1. The fourth-order valence-electron chi connectivity index (χ4n) is 2.77. The number of hydrogen-bond donors (Lipinski definition) is 2. The second-order valence-corrected chi connectivity index (χ2v) is 7.06. The van der Waals surface area contributed by atoms with Gasteiger partial charge in [0.15, 0.2) is 0 Å². The molecule has 2 rings (SSSR count). The molecular formula is C22H30N2O2. The normalized spacial score (nSPS) is 13.3. The minimum atomic E-state index is -0.521. The van der Waals surface area contributed by atoms with Crippen molar-refractivity contribution < 1.29 is 9.53 Å². The van der Waals surface area contributed by atoms with Crippen molar-refractivity contribution >= 4 is 5.91 Å². The third kappa shape index (κ3) is 6.89. The molecule has 0 radical (unpaired) electrons. The van der Waals surface area contributed by atoms with Crippen LogP contribution in [0, 0.1) is 0 Å². The van der Waals surface area contributed by atoms with Crippen molar-refractivity contribution in [1.82, 2.24) is 5.32 Å². The Morgan fingerprint density at radius 1 is 1.00 bits per heavy atom. The minimum absolute atomic E-state index is 0.0795. The van der Waals surface area contributed by atoms with Crippen LogP contribution >= 0.6 is 0 Å². The van der Waals surface area contributed by atoms with E-state index in [-0.39, 0.29) is 18.1 Å². The van der Waals surface area contributed by atoms with Crippen LogP contribution in [0.1, 0.15) is 38.3 Å². The lowest BCUT2D eigenvalue weighted by atomic mass is 10.0. The molecule has 0 aliphatic rings. The number of rotatable bonds is 9. The van der Waals surface area contributed by atoms with Crippen LogP contribution in [0.15, 0.2) is 54.6 Å². The van der Waals surface area contributed by atoms with E-state index in [0.717, 1.165) is 24.2 Å². The highest BCUT2D eigenvalue weighted by atomic mass is 16.5. The van der Waals surface area contributed by atoms with Crippen LogP contribution in [0.2, 0.25) is 0 Å². The van der Waals surface area contributed by atoms with Gasteiger partial charge >= 0.3 is 0 Å². The van der Waals surface area contributed by atoms with E-state index < -0.39 is 6.04 Å². The Morgan fingerprint density at radius 3 is 2.27 bits per heavy atom. The molecule has 2 atom stereocenters. The first-order valence-electron chi connectivity index (χ1n) is 9.29. The standard InChI is InChI=1S/C22H30N2O2/c1-16(2)26-20-13-11-18(12-14-20)10-9-17(3)24-22(25)21(23)15-19-7-5-4-6-8-19/h4-8,11-14,16-17,21H,9-10,15,23H2,1-3H3,(H,24,25)/t17?,21-/m0/s1. The molecule has 140 valence electrons. The first-order valence-corrected chi connectivity index (χ1v) is 9.29. The zero-order valence-corrected chi connectivity index (χ0v) is 15.9. The maximum absolute atomic E-state index is 12.3. The maximum Gasteiger partial charge on any atom is 0.237 e. The zero-order valence-electron chi connectivity index (χ0n) is 15.9. The lowest BCUT2D eigenvalue weighted by molar-refractivity contribution is -0.123. The van der Waals surface area contributed by atoms with E-state index >= 15 is 0 Å². The third-order valence-electron chi connectivity index (χ3n) is 4.19. The van der Waals surface area contributed by atoms with Crippen LogP contribution in [0.5, 0.6) is 5.75 Å². The molecule has 3 N–H and O–H groups in total. The van der Waals surface area contributed by atoms with Gasteiger partial charge in [-0.05, 0) is 63.3 Å². The molecule has 2 aromatic carbocycles. The average molecular weight is 354 g/mol. The van der Waals surface area contributed by atoms with Crippen LogP contribution in [-0.2, 0) is 17.6 Å². The van der Waals surface area contributed by atoms with Gasteiger partial charge in [0.2, 0.25) is 5.91 Å². The van der Waals surface area contributed by atoms with Crippen LogP contribution in [0.25, 0.3) is 0 Å². The van der Waals surface area contributed by atoms with Crippen molar-refractivity contribution in [3.05, 3.63) is 65.7 Å². The quantitative estimate of drug-likeness (QED) is 0.724. The third-order valence-corrected chi connectivity index (χ3v) is 4.19. The molecule has 0 saturated heterocycles. The highest BCUT2D eigenvalue weighted by molar-refractivity contribution is 5.82. The summed E-state index contributed by atoms with van der Waals surface area (Å²) in [6.45, 7) is 6.05. The Bertz CT molecular complexity index is 668. The fourth-order valence-corrected chi connectivity index (χ4v) is 2.77. The number of benzene rings is 2. The van der Waals surface area contributed by atoms with Crippen LogP contribution < -0.4 is 15.8 Å². The molecule has 0 spiro atoms. The molecule has 0 aliphatic heterocycles. The molecule has 4 heteroatoms. The Hall–Kier alpha value is -2.33. The van der Waals surface area contributed by atoms with E-state index in [1.165, 1.54) is 5.56 Å². The number of amides is 1. The molecular weight excluding hydrogens is 324 g/mol. The number of carbonyl (C=O) groups excluding carboxylic acids is 1. The van der Waals surface area contributed by atoms with Crippen LogP contribution in [-0.4, -0.2) is 24.1 Å². The average Bonchev–Trinajstić information content (AvgIpc) is 2.61. The van der Waals surface area contributed by atoms with E-state index in [2.05, 4.69) is 17.4 Å². The number of aryl methyl sites for hydroxylation is 1. The van der Waals surface area contributed by atoms with Gasteiger partial charge in [-0.1, -0.05) is 42.5 Å². The van der Waals surface area contributed by atoms with Crippen molar-refractivity contribution in [3.63, 3.8) is 0 Å². The fraction of sp³-hybridized carbons (Fsp3) is 0.409. The second kappa shape index (κ2) is 9.97. The highest BCUT2D eigenvalue weighted by Crippen LogP contribution is 2.15. The van der Waals surface area contributed by atoms with Gasteiger partial charge in [0.25, 0.3) is 0 Å². The molecule has 2 aromatic rings. The van der Waals surface area contributed by atoms with Gasteiger partial charge in [0.05, 0.1) is 12.1 Å². The molecule has 0 fully saturated rings. The summed E-state index contributed by atoms with van der Waals surface area (Å²) < 4.78 is 5.65. The summed E-state index contributed by atoms with van der Waals surface area (Å²) in [5, 5.41) is 3.02. The van der Waals surface area contributed by atoms with Gasteiger partial charge in [0, 0.05) is 6.04 Å². The molecule has 1 unspecified atom stereocenters. The lowest BCUT2D eigenvalue weighted by Crippen LogP contribution is -2.45. The van der Waals surface area contributed by atoms with Crippen molar-refractivity contribution in [2.24, 2.45) is 5.73 Å². The maximum atomic E-state index is 12.3. The summed E-state index contributed by atoms with van der Waals surface area (Å²) in [7, 11) is 0. The molecule has 0 aromatic heterocycles. The molecule has 0 heterocycles. The second-order valence-electron chi connectivity index (χ2n) is 7.06. The predicted octanol–water partition coefficient (Wildman–Crippen LogP) is 3.48. The Labute approximate surface area is 156 Å². The monoisotopic (exact) mass is 354 g/mol. The van der Waals surface area contributed by atoms with Gasteiger partial charge in [-0.2, -0.15) is 0 Å². The molecule has 1 amide bonds. The first-order chi connectivity index (χ1) is 12.4. The van der Waals surface area contributed by atoms with Crippen molar-refractivity contribution in [2.75, 3.05) is 0 Å².